The number of hydrogen-bond donors (Lipinski definition) is 0. The Labute approximate surface area is 339 Å². The zero-order valence-corrected chi connectivity index (χ0v) is 33.7. The molecular weight excluding hydrogens is 729 g/mol. The lowest BCUT2D eigenvalue weighted by Crippen LogP contribution is -2.38. The van der Waals surface area contributed by atoms with Gasteiger partial charge in [0, 0.05) is 43.5 Å². The van der Waals surface area contributed by atoms with E-state index in [9.17, 15) is 9.59 Å². The van der Waals surface area contributed by atoms with Gasteiger partial charge in [0.05, 0.1) is 11.7 Å². The van der Waals surface area contributed by atoms with Crippen molar-refractivity contribution in [3.05, 3.63) is 143 Å². The van der Waals surface area contributed by atoms with Crippen LogP contribution in [0.3, 0.4) is 0 Å². The Kier molecular flexibility index (Phi) is 11.8. The molecule has 8 rings (SSSR count). The molecule has 2 aliphatic rings. The van der Waals surface area contributed by atoms with Crippen molar-refractivity contribution in [2.75, 3.05) is 13.1 Å². The molecule has 4 heterocycles. The Morgan fingerprint density at radius 3 is 1.76 bits per heavy atom. The zero-order valence-electron chi connectivity index (χ0n) is 33.7. The standard InChI is InChI=1S/C47H52N6O5/c1-47(2,3)56-38-30-40(44-49-42(51-58-44)22-13-19-33-16-8-5-9-17-33)53(31-38)46(55)37-26-24-34-28-36(25-23-35(34)29-37)45(54)52-27-11-10-20-39(52)43-48-41(50-57-43)21-12-18-32-14-6-4-7-15-32/h4-9,14-17,23-26,28-29,38-40H,10-13,18-22,27,30-31H2,1-3H3/t38-,39+,40+/m1/s1. The van der Waals surface area contributed by atoms with Gasteiger partial charge in [-0.2, -0.15) is 9.97 Å². The lowest BCUT2D eigenvalue weighted by molar-refractivity contribution is -0.0535. The highest BCUT2D eigenvalue weighted by Crippen LogP contribution is 2.37. The highest BCUT2D eigenvalue weighted by atomic mass is 16.5. The van der Waals surface area contributed by atoms with Gasteiger partial charge in [0.15, 0.2) is 11.6 Å². The lowest BCUT2D eigenvalue weighted by atomic mass is 9.99. The van der Waals surface area contributed by atoms with Crippen molar-refractivity contribution in [2.24, 2.45) is 0 Å². The molecule has 11 nitrogen and oxygen atoms in total. The number of rotatable bonds is 13. The van der Waals surface area contributed by atoms with Gasteiger partial charge in [-0.25, -0.2) is 0 Å². The van der Waals surface area contributed by atoms with Crippen molar-refractivity contribution in [3.8, 4) is 0 Å². The fourth-order valence-electron chi connectivity index (χ4n) is 8.32. The third-order valence-electron chi connectivity index (χ3n) is 11.1. The van der Waals surface area contributed by atoms with E-state index in [0.29, 0.717) is 66.9 Å². The molecular formula is C47H52N6O5. The monoisotopic (exact) mass is 780 g/mol. The molecule has 2 fully saturated rings. The van der Waals surface area contributed by atoms with Crippen molar-refractivity contribution in [1.82, 2.24) is 30.1 Å². The van der Waals surface area contributed by atoms with E-state index in [1.54, 1.807) is 4.90 Å². The van der Waals surface area contributed by atoms with E-state index in [0.717, 1.165) is 55.7 Å². The number of hydrogen-bond acceptors (Lipinski definition) is 9. The number of benzene rings is 4. The number of amides is 2. The number of fused-ring (bicyclic) bond motifs is 1. The quantitative estimate of drug-likeness (QED) is 0.113. The number of piperidine rings is 1. The Morgan fingerprint density at radius 2 is 1.21 bits per heavy atom. The van der Waals surface area contributed by atoms with Crippen LogP contribution in [0.25, 0.3) is 10.8 Å². The van der Waals surface area contributed by atoms with Crippen LogP contribution in [0.1, 0.15) is 127 Å². The van der Waals surface area contributed by atoms with Gasteiger partial charge in [0.25, 0.3) is 11.8 Å². The molecule has 6 aromatic rings. The highest BCUT2D eigenvalue weighted by molar-refractivity contribution is 6.02. The van der Waals surface area contributed by atoms with Gasteiger partial charge in [0.2, 0.25) is 11.8 Å². The van der Waals surface area contributed by atoms with E-state index >= 15 is 0 Å². The van der Waals surface area contributed by atoms with Crippen LogP contribution in [0.5, 0.6) is 0 Å². The summed E-state index contributed by atoms with van der Waals surface area (Å²) in [7, 11) is 0. The van der Waals surface area contributed by atoms with Crippen molar-refractivity contribution in [2.45, 2.75) is 109 Å². The SMILES string of the molecule is CC(C)(C)O[C@@H]1C[C@@H](c2nc(CCCc3ccccc3)no2)N(C(=O)c2ccc3cc(C(=O)N4CCCC[C@H]4c4nc(CCCc5ccccc5)no4)ccc3c2)C1. The Hall–Kier alpha value is -5.68. The minimum atomic E-state index is -0.410. The fraction of sp³-hybridized carbons (Fsp3) is 0.404. The van der Waals surface area contributed by atoms with E-state index in [4.69, 9.17) is 23.8 Å². The molecule has 0 N–H and O–H groups in total. The molecule has 2 amide bonds. The highest BCUT2D eigenvalue weighted by Gasteiger charge is 2.42. The Balaban J connectivity index is 0.948. The van der Waals surface area contributed by atoms with E-state index in [1.165, 1.54) is 11.1 Å². The zero-order chi connectivity index (χ0) is 40.1. The lowest BCUT2D eigenvalue weighted by Gasteiger charge is -2.33. The van der Waals surface area contributed by atoms with Gasteiger partial charge in [-0.3, -0.25) is 9.59 Å². The summed E-state index contributed by atoms with van der Waals surface area (Å²) >= 11 is 0. The summed E-state index contributed by atoms with van der Waals surface area (Å²) in [6.45, 7) is 7.09. The Morgan fingerprint density at radius 1 is 0.672 bits per heavy atom. The van der Waals surface area contributed by atoms with Crippen LogP contribution in [0.2, 0.25) is 0 Å². The van der Waals surface area contributed by atoms with E-state index in [2.05, 4.69) is 46.7 Å². The number of likely N-dealkylation sites (tertiary alicyclic amines) is 2. The van der Waals surface area contributed by atoms with Crippen LogP contribution in [-0.4, -0.2) is 66.7 Å². The number of carbonyl (C=O) groups excluding carboxylic acids is 2. The predicted molar refractivity (Wildman–Crippen MR) is 220 cm³/mol. The van der Waals surface area contributed by atoms with Crippen molar-refractivity contribution < 1.29 is 23.4 Å². The number of aryl methyl sites for hydroxylation is 4. The first kappa shape index (κ1) is 39.2. The van der Waals surface area contributed by atoms with Crippen LogP contribution in [0.4, 0.5) is 0 Å². The molecule has 58 heavy (non-hydrogen) atoms. The predicted octanol–water partition coefficient (Wildman–Crippen LogP) is 9.09. The first-order chi connectivity index (χ1) is 28.2. The van der Waals surface area contributed by atoms with E-state index in [1.807, 2.05) is 86.3 Å². The maximum atomic E-state index is 14.3. The molecule has 0 aliphatic carbocycles. The third kappa shape index (κ3) is 9.37. The molecule has 0 bridgehead atoms. The minimum absolute atomic E-state index is 0.0700. The molecule has 300 valence electrons. The largest absolute Gasteiger partial charge is 0.371 e. The van der Waals surface area contributed by atoms with Gasteiger partial charge in [0.1, 0.15) is 12.1 Å². The minimum Gasteiger partial charge on any atom is -0.371 e. The summed E-state index contributed by atoms with van der Waals surface area (Å²) in [5, 5.41) is 10.3. The number of nitrogens with zero attached hydrogens (tertiary/aromatic N) is 6. The van der Waals surface area contributed by atoms with Gasteiger partial charge in [-0.1, -0.05) is 83.1 Å². The summed E-state index contributed by atoms with van der Waals surface area (Å²) in [5.41, 5.74) is 3.30. The Bertz CT molecular complexity index is 2320. The normalized spacial score (nSPS) is 18.6. The van der Waals surface area contributed by atoms with Crippen LogP contribution < -0.4 is 0 Å². The molecule has 0 spiro atoms. The van der Waals surface area contributed by atoms with Crippen molar-refractivity contribution in [3.63, 3.8) is 0 Å². The van der Waals surface area contributed by atoms with E-state index < -0.39 is 6.04 Å². The van der Waals surface area contributed by atoms with Crippen LogP contribution in [0.15, 0.2) is 106 Å². The van der Waals surface area contributed by atoms with Crippen LogP contribution >= 0.6 is 0 Å². The molecule has 2 aromatic heterocycles. The second kappa shape index (κ2) is 17.4. The number of aromatic nitrogens is 4. The smallest absolute Gasteiger partial charge is 0.254 e. The second-order valence-electron chi connectivity index (χ2n) is 16.6. The van der Waals surface area contributed by atoms with Gasteiger partial charge in [-0.15, -0.1) is 0 Å². The van der Waals surface area contributed by atoms with Crippen LogP contribution in [-0.2, 0) is 30.4 Å². The molecule has 4 aromatic carbocycles. The molecule has 2 saturated heterocycles. The van der Waals surface area contributed by atoms with E-state index in [-0.39, 0.29) is 29.6 Å². The molecule has 2 aliphatic heterocycles. The topological polar surface area (TPSA) is 128 Å². The third-order valence-corrected chi connectivity index (χ3v) is 11.1. The van der Waals surface area contributed by atoms with Gasteiger partial charge < -0.3 is 23.6 Å². The number of ether oxygens (including phenoxy) is 1. The first-order valence-corrected chi connectivity index (χ1v) is 20.7. The molecule has 3 atom stereocenters. The molecule has 11 heteroatoms. The number of carbonyl (C=O) groups is 2. The summed E-state index contributed by atoms with van der Waals surface area (Å²) in [4.78, 5) is 41.6. The summed E-state index contributed by atoms with van der Waals surface area (Å²) < 4.78 is 17.9. The molecule has 0 radical (unpaired) electrons. The summed E-state index contributed by atoms with van der Waals surface area (Å²) in [6.07, 6.45) is 8.12. The van der Waals surface area contributed by atoms with Crippen molar-refractivity contribution >= 4 is 22.6 Å². The van der Waals surface area contributed by atoms with Gasteiger partial charge in [-0.05, 0) is 112 Å². The summed E-state index contributed by atoms with van der Waals surface area (Å²) in [6, 6.07) is 31.4. The fourth-order valence-corrected chi connectivity index (χ4v) is 8.32. The first-order valence-electron chi connectivity index (χ1n) is 20.7. The maximum absolute atomic E-state index is 14.3. The second-order valence-corrected chi connectivity index (χ2v) is 16.6. The van der Waals surface area contributed by atoms with Crippen molar-refractivity contribution in [1.29, 1.82) is 0 Å². The summed E-state index contributed by atoms with van der Waals surface area (Å²) in [5.74, 6) is 2.05. The van der Waals surface area contributed by atoms with Gasteiger partial charge >= 0.3 is 0 Å². The molecule has 0 saturated carbocycles. The average Bonchev–Trinajstić information content (AvgIpc) is 4.01. The average molecular weight is 781 g/mol. The molecule has 0 unspecified atom stereocenters. The van der Waals surface area contributed by atoms with Crippen LogP contribution in [0, 0.1) is 0 Å². The maximum Gasteiger partial charge on any atom is 0.254 e.